The Morgan fingerprint density at radius 2 is 1.16 bits per heavy atom. The molecule has 2 aromatic heterocycles. The summed E-state index contributed by atoms with van der Waals surface area (Å²) < 4.78 is 9.70. The second-order valence-corrected chi connectivity index (χ2v) is 16.7. The Morgan fingerprint density at radius 3 is 1.67 bits per heavy atom. The molecule has 4 atom stereocenters. The highest BCUT2D eigenvalue weighted by atomic mass is 16.5. The number of H-pyrrole nitrogens is 2. The highest BCUT2D eigenvalue weighted by molar-refractivity contribution is 5.88. The summed E-state index contributed by atoms with van der Waals surface area (Å²) >= 11 is 0. The van der Waals surface area contributed by atoms with Crippen LogP contribution >= 0.6 is 0 Å². The normalized spacial score (nSPS) is 22.3. The van der Waals surface area contributed by atoms with E-state index in [1.807, 2.05) is 78.0 Å². The molecule has 1 aliphatic carbocycles. The third-order valence-corrected chi connectivity index (χ3v) is 13.0. The number of aromatic nitrogens is 4. The Balaban J connectivity index is 0.894. The molecular formula is C47H54N8O6. The van der Waals surface area contributed by atoms with Crippen LogP contribution in [0.3, 0.4) is 0 Å². The summed E-state index contributed by atoms with van der Waals surface area (Å²) in [6, 6.07) is 25.0. The van der Waals surface area contributed by atoms with Crippen molar-refractivity contribution in [3.63, 3.8) is 0 Å². The SMILES string of the molecule is COC(=O)NC(C(=O)N1CCCC1c1ncc(-c2ccc(C3CCC(C)(c4cnc(C5CCCN5C(=O)C(NC(=O)OC)c5ccccc5)[nH]4)CC3)cc2)[nH]1)c1ccccc1. The van der Waals surface area contributed by atoms with E-state index >= 15 is 0 Å². The maximum Gasteiger partial charge on any atom is 0.407 e. The summed E-state index contributed by atoms with van der Waals surface area (Å²) in [6.07, 6.45) is 9.75. The lowest BCUT2D eigenvalue weighted by molar-refractivity contribution is -0.135. The Bertz CT molecular complexity index is 2300. The topological polar surface area (TPSA) is 175 Å². The Labute approximate surface area is 355 Å². The number of amides is 4. The summed E-state index contributed by atoms with van der Waals surface area (Å²) in [6.45, 7) is 3.45. The van der Waals surface area contributed by atoms with Gasteiger partial charge < -0.3 is 39.9 Å². The predicted octanol–water partition coefficient (Wildman–Crippen LogP) is 7.94. The van der Waals surface area contributed by atoms with Crippen LogP contribution in [0.4, 0.5) is 9.59 Å². The lowest BCUT2D eigenvalue weighted by atomic mass is 9.68. The number of carbonyl (C=O) groups is 4. The van der Waals surface area contributed by atoms with Crippen molar-refractivity contribution in [3.8, 4) is 11.3 Å². The number of nitrogens with zero attached hydrogens (tertiary/aromatic N) is 4. The fourth-order valence-electron chi connectivity index (χ4n) is 9.44. The first-order valence-corrected chi connectivity index (χ1v) is 21.3. The smallest absolute Gasteiger partial charge is 0.407 e. The summed E-state index contributed by atoms with van der Waals surface area (Å²) in [5, 5.41) is 5.47. The van der Waals surface area contributed by atoms with Gasteiger partial charge in [0.1, 0.15) is 23.7 Å². The molecule has 0 spiro atoms. The quantitative estimate of drug-likeness (QED) is 0.104. The summed E-state index contributed by atoms with van der Waals surface area (Å²) in [7, 11) is 2.58. The van der Waals surface area contributed by atoms with Crippen LogP contribution in [0.25, 0.3) is 11.3 Å². The predicted molar refractivity (Wildman–Crippen MR) is 228 cm³/mol. The molecule has 318 valence electrons. The second kappa shape index (κ2) is 18.0. The van der Waals surface area contributed by atoms with Crippen molar-refractivity contribution in [1.29, 1.82) is 0 Å². The molecule has 14 heteroatoms. The molecule has 3 aromatic carbocycles. The molecule has 0 bridgehead atoms. The van der Waals surface area contributed by atoms with Crippen LogP contribution in [0.15, 0.2) is 97.3 Å². The summed E-state index contributed by atoms with van der Waals surface area (Å²) in [5.74, 6) is 1.55. The number of hydrogen-bond donors (Lipinski definition) is 4. The van der Waals surface area contributed by atoms with Gasteiger partial charge in [-0.15, -0.1) is 0 Å². The van der Waals surface area contributed by atoms with E-state index in [4.69, 9.17) is 19.4 Å². The van der Waals surface area contributed by atoms with Crippen LogP contribution < -0.4 is 10.6 Å². The molecule has 4 heterocycles. The number of imidazole rings is 2. The maximum atomic E-state index is 14.0. The maximum absolute atomic E-state index is 14.0. The van der Waals surface area contributed by atoms with Crippen LogP contribution in [0.5, 0.6) is 0 Å². The zero-order valence-electron chi connectivity index (χ0n) is 34.9. The van der Waals surface area contributed by atoms with E-state index in [0.717, 1.165) is 80.0 Å². The van der Waals surface area contributed by atoms with E-state index in [1.54, 1.807) is 4.90 Å². The molecule has 3 aliphatic rings. The minimum Gasteiger partial charge on any atom is -0.453 e. The van der Waals surface area contributed by atoms with Gasteiger partial charge in [-0.3, -0.25) is 9.59 Å². The van der Waals surface area contributed by atoms with Gasteiger partial charge in [-0.2, -0.15) is 0 Å². The molecule has 2 aliphatic heterocycles. The van der Waals surface area contributed by atoms with Crippen molar-refractivity contribution < 1.29 is 28.7 Å². The zero-order chi connectivity index (χ0) is 42.5. The van der Waals surface area contributed by atoms with E-state index in [1.165, 1.54) is 19.8 Å². The number of ether oxygens (including phenoxy) is 2. The van der Waals surface area contributed by atoms with Crippen LogP contribution in [0, 0.1) is 0 Å². The van der Waals surface area contributed by atoms with Crippen molar-refractivity contribution >= 4 is 24.0 Å². The molecule has 4 amide bonds. The van der Waals surface area contributed by atoms with Crippen molar-refractivity contribution in [1.82, 2.24) is 40.4 Å². The number of aromatic amines is 2. The number of carbonyl (C=O) groups excluding carboxylic acids is 4. The molecule has 4 N–H and O–H groups in total. The van der Waals surface area contributed by atoms with E-state index < -0.39 is 24.3 Å². The van der Waals surface area contributed by atoms with Gasteiger partial charge in [-0.25, -0.2) is 19.6 Å². The number of hydrogen-bond acceptors (Lipinski definition) is 8. The van der Waals surface area contributed by atoms with Crippen molar-refractivity contribution in [2.24, 2.45) is 0 Å². The van der Waals surface area contributed by atoms with Gasteiger partial charge in [-0.05, 0) is 79.5 Å². The van der Waals surface area contributed by atoms with Gasteiger partial charge in [0, 0.05) is 30.4 Å². The number of rotatable bonds is 11. The molecule has 2 saturated heterocycles. The minimum atomic E-state index is -0.871. The molecule has 3 fully saturated rings. The molecule has 8 rings (SSSR count). The summed E-state index contributed by atoms with van der Waals surface area (Å²) in [4.78, 5) is 72.8. The molecule has 14 nitrogen and oxygen atoms in total. The zero-order valence-corrected chi connectivity index (χ0v) is 34.9. The first-order valence-electron chi connectivity index (χ1n) is 21.3. The first kappa shape index (κ1) is 41.3. The minimum absolute atomic E-state index is 0.0769. The van der Waals surface area contributed by atoms with E-state index in [-0.39, 0.29) is 29.3 Å². The fourth-order valence-corrected chi connectivity index (χ4v) is 9.44. The van der Waals surface area contributed by atoms with Gasteiger partial charge in [-0.1, -0.05) is 91.9 Å². The van der Waals surface area contributed by atoms with Gasteiger partial charge in [0.15, 0.2) is 0 Å². The lowest BCUT2D eigenvalue weighted by Crippen LogP contribution is -2.42. The fraction of sp³-hybridized carbons (Fsp3) is 0.404. The summed E-state index contributed by atoms with van der Waals surface area (Å²) in [5.41, 5.74) is 5.62. The van der Waals surface area contributed by atoms with E-state index in [9.17, 15) is 19.2 Å². The van der Waals surface area contributed by atoms with Gasteiger partial charge >= 0.3 is 12.2 Å². The van der Waals surface area contributed by atoms with Crippen molar-refractivity contribution in [3.05, 3.63) is 131 Å². The Hall–Kier alpha value is -6.44. The van der Waals surface area contributed by atoms with Gasteiger partial charge in [0.05, 0.1) is 38.2 Å². The van der Waals surface area contributed by atoms with Gasteiger partial charge in [0.25, 0.3) is 11.8 Å². The van der Waals surface area contributed by atoms with Crippen LogP contribution in [-0.4, -0.2) is 81.0 Å². The molecule has 4 unspecified atom stereocenters. The van der Waals surface area contributed by atoms with Crippen LogP contribution in [0.2, 0.25) is 0 Å². The molecular weight excluding hydrogens is 773 g/mol. The average molecular weight is 827 g/mol. The highest BCUT2D eigenvalue weighted by Crippen LogP contribution is 2.45. The standard InChI is InChI=1S/C47H54N8O6/c1-47(38-29-49-42(51-38)37-17-11-27-55(37)44(57)40(53-46(59)61-3)34-14-8-5-9-15-34)24-22-31(23-25-47)30-18-20-32(21-19-30)35-28-48-41(50-35)36-16-10-26-54(36)43(56)39(52-45(58)60-2)33-12-6-4-7-13-33/h4-9,12-15,18-21,28-29,31,36-37,39-40H,10-11,16-17,22-27H2,1-3H3,(H,48,50)(H,49,51)(H,52,58)(H,53,59). The Kier molecular flexibility index (Phi) is 12.2. The third-order valence-electron chi connectivity index (χ3n) is 13.0. The largest absolute Gasteiger partial charge is 0.453 e. The van der Waals surface area contributed by atoms with Crippen LogP contribution in [0.1, 0.15) is 122 Å². The molecule has 1 saturated carbocycles. The number of alkyl carbamates (subject to hydrolysis) is 2. The second-order valence-electron chi connectivity index (χ2n) is 16.7. The van der Waals surface area contributed by atoms with Crippen LogP contribution in [-0.2, 0) is 24.5 Å². The number of methoxy groups -OCH3 is 2. The number of benzene rings is 3. The molecule has 5 aromatic rings. The van der Waals surface area contributed by atoms with E-state index in [2.05, 4.69) is 51.8 Å². The van der Waals surface area contributed by atoms with Crippen molar-refractivity contribution in [2.45, 2.75) is 93.8 Å². The first-order chi connectivity index (χ1) is 29.7. The molecule has 0 radical (unpaired) electrons. The number of nitrogens with one attached hydrogen (secondary N) is 4. The van der Waals surface area contributed by atoms with Gasteiger partial charge in [0.2, 0.25) is 0 Å². The monoisotopic (exact) mass is 826 g/mol. The highest BCUT2D eigenvalue weighted by Gasteiger charge is 2.40. The average Bonchev–Trinajstić information content (AvgIpc) is 4.15. The Morgan fingerprint density at radius 1 is 0.672 bits per heavy atom. The van der Waals surface area contributed by atoms with E-state index in [0.29, 0.717) is 30.1 Å². The van der Waals surface area contributed by atoms with Crippen molar-refractivity contribution in [2.75, 3.05) is 27.3 Å². The number of likely N-dealkylation sites (tertiary alicyclic amines) is 2. The third kappa shape index (κ3) is 8.75. The lowest BCUT2D eigenvalue weighted by Gasteiger charge is -2.37. The molecule has 61 heavy (non-hydrogen) atoms.